The third kappa shape index (κ3) is 5.71. The molecule has 0 unspecified atom stereocenters. The third-order valence-corrected chi connectivity index (χ3v) is 8.83. The van der Waals surface area contributed by atoms with E-state index in [0.717, 1.165) is 11.4 Å². The third-order valence-electron chi connectivity index (χ3n) is 7.14. The van der Waals surface area contributed by atoms with Gasteiger partial charge in [-0.3, -0.25) is 0 Å². The van der Waals surface area contributed by atoms with Gasteiger partial charge < -0.3 is 5.32 Å². The molecule has 0 bridgehead atoms. The van der Waals surface area contributed by atoms with Crippen LogP contribution in [0.25, 0.3) is 11.1 Å². The minimum Gasteiger partial charge on any atom is -0.355 e. The first kappa shape index (κ1) is 26.1. The Balaban J connectivity index is 1.62. The van der Waals surface area contributed by atoms with Gasteiger partial charge in [0.15, 0.2) is 0 Å². The van der Waals surface area contributed by atoms with E-state index < -0.39 is 10.0 Å². The second-order valence-corrected chi connectivity index (χ2v) is 16.2. The molecule has 0 atom stereocenters. The van der Waals surface area contributed by atoms with Gasteiger partial charge in [-0.2, -0.15) is 0 Å². The number of nitrogens with one attached hydrogen (secondary N) is 1. The molecule has 1 nitrogen and oxygen atoms in total. The van der Waals surface area contributed by atoms with Gasteiger partial charge in [0.25, 0.3) is 0 Å². The molecule has 0 amide bonds. The summed E-state index contributed by atoms with van der Waals surface area (Å²) < 4.78 is 0. The predicted octanol–water partition coefficient (Wildman–Crippen LogP) is 9.77. The molecule has 0 saturated carbocycles. The quantitative estimate of drug-likeness (QED) is 0.281. The van der Waals surface area contributed by atoms with E-state index in [9.17, 15) is 0 Å². The molecule has 0 heterocycles. The van der Waals surface area contributed by atoms with Crippen LogP contribution in [0.4, 0.5) is 11.4 Å². The van der Waals surface area contributed by atoms with Crippen molar-refractivity contribution in [2.75, 3.05) is 24.1 Å². The van der Waals surface area contributed by atoms with Gasteiger partial charge in [0, 0.05) is 22.4 Å². The van der Waals surface area contributed by atoms with E-state index in [1.54, 1.807) is 0 Å². The van der Waals surface area contributed by atoms with Crippen LogP contribution in [-0.2, 0) is 10.8 Å². The molecule has 4 aromatic rings. The van der Waals surface area contributed by atoms with Gasteiger partial charge in [-0.05, 0) is 87.7 Å². The van der Waals surface area contributed by atoms with Gasteiger partial charge in [0.1, 0.15) is 0 Å². The molecule has 0 aliphatic heterocycles. The maximum Gasteiger partial charge on any atom is 0.0464 e. The lowest BCUT2D eigenvalue weighted by Crippen LogP contribution is -2.18. The average Bonchev–Trinajstić information content (AvgIpc) is 2.84. The maximum atomic E-state index is 3.69. The zero-order valence-electron chi connectivity index (χ0n) is 23.1. The highest BCUT2D eigenvalue weighted by molar-refractivity contribution is 8.32. The molecular formula is C34H41NS. The fraction of sp³-hybridized carbons (Fsp3) is 0.294. The van der Waals surface area contributed by atoms with Crippen molar-refractivity contribution in [2.24, 2.45) is 0 Å². The SMILES string of the molecule is CC(C)(C)c1ccc(Nc2ccc(C(C)(C)c3ccc(S(C)(C)C)cc3)cc2)c(-c2ccccc2)c1. The van der Waals surface area contributed by atoms with Crippen molar-refractivity contribution >= 4 is 21.4 Å². The lowest BCUT2D eigenvalue weighted by molar-refractivity contribution is 0.590. The summed E-state index contributed by atoms with van der Waals surface area (Å²) in [6.45, 7) is 11.4. The van der Waals surface area contributed by atoms with Gasteiger partial charge in [0.05, 0.1) is 0 Å². The number of hydrogen-bond donors (Lipinski definition) is 1. The van der Waals surface area contributed by atoms with Crippen molar-refractivity contribution in [3.8, 4) is 11.1 Å². The maximum absolute atomic E-state index is 3.69. The minimum atomic E-state index is -0.708. The molecule has 0 spiro atoms. The monoisotopic (exact) mass is 495 g/mol. The summed E-state index contributed by atoms with van der Waals surface area (Å²) in [7, 11) is -0.708. The lowest BCUT2D eigenvalue weighted by atomic mass is 9.78. The highest BCUT2D eigenvalue weighted by atomic mass is 32.3. The van der Waals surface area contributed by atoms with E-state index in [1.807, 2.05) is 0 Å². The van der Waals surface area contributed by atoms with Crippen molar-refractivity contribution in [1.82, 2.24) is 0 Å². The van der Waals surface area contributed by atoms with E-state index in [-0.39, 0.29) is 10.8 Å². The fourth-order valence-electron chi connectivity index (χ4n) is 4.55. The van der Waals surface area contributed by atoms with Crippen LogP contribution >= 0.6 is 10.0 Å². The fourth-order valence-corrected chi connectivity index (χ4v) is 5.50. The minimum absolute atomic E-state index is 0.0617. The van der Waals surface area contributed by atoms with Crippen LogP contribution in [-0.4, -0.2) is 18.8 Å². The van der Waals surface area contributed by atoms with E-state index in [4.69, 9.17) is 0 Å². The van der Waals surface area contributed by atoms with Crippen LogP contribution in [0, 0.1) is 0 Å². The summed E-state index contributed by atoms with van der Waals surface area (Å²) in [5.74, 6) is 0. The Morgan fingerprint density at radius 1 is 0.583 bits per heavy atom. The van der Waals surface area contributed by atoms with E-state index in [2.05, 4.69) is 156 Å². The molecule has 0 saturated heterocycles. The van der Waals surface area contributed by atoms with Gasteiger partial charge in [0.2, 0.25) is 0 Å². The Kier molecular flexibility index (Phi) is 7.12. The summed E-state index contributed by atoms with van der Waals surface area (Å²) in [5, 5.41) is 3.69. The Morgan fingerprint density at radius 3 is 1.64 bits per heavy atom. The molecule has 0 aromatic heterocycles. The molecule has 4 aromatic carbocycles. The summed E-state index contributed by atoms with van der Waals surface area (Å²) in [4.78, 5) is 1.45. The first-order chi connectivity index (χ1) is 16.9. The highest BCUT2D eigenvalue weighted by Gasteiger charge is 2.24. The van der Waals surface area contributed by atoms with Crippen LogP contribution in [0.15, 0.2) is 102 Å². The normalized spacial score (nSPS) is 12.9. The molecule has 2 heteroatoms. The summed E-state index contributed by atoms with van der Waals surface area (Å²) in [5.41, 5.74) is 8.72. The molecule has 0 radical (unpaired) electrons. The molecular weight excluding hydrogens is 454 g/mol. The topological polar surface area (TPSA) is 12.0 Å². The van der Waals surface area contributed by atoms with Crippen LogP contribution < -0.4 is 5.32 Å². The molecule has 1 N–H and O–H groups in total. The smallest absolute Gasteiger partial charge is 0.0464 e. The number of anilines is 2. The molecule has 188 valence electrons. The second-order valence-electron chi connectivity index (χ2n) is 12.1. The molecule has 0 aliphatic rings. The first-order valence-electron chi connectivity index (χ1n) is 12.7. The van der Waals surface area contributed by atoms with Crippen LogP contribution in [0.2, 0.25) is 0 Å². The van der Waals surface area contributed by atoms with E-state index >= 15 is 0 Å². The van der Waals surface area contributed by atoms with Gasteiger partial charge in [-0.15, -0.1) is 0 Å². The largest absolute Gasteiger partial charge is 0.355 e. The van der Waals surface area contributed by atoms with E-state index in [1.165, 1.54) is 32.7 Å². The Labute approximate surface area is 220 Å². The Morgan fingerprint density at radius 2 is 1.11 bits per heavy atom. The van der Waals surface area contributed by atoms with Crippen molar-refractivity contribution in [3.05, 3.63) is 114 Å². The van der Waals surface area contributed by atoms with Crippen LogP contribution in [0.5, 0.6) is 0 Å². The van der Waals surface area contributed by atoms with E-state index in [0.29, 0.717) is 0 Å². The first-order valence-corrected chi connectivity index (χ1v) is 15.6. The number of hydrogen-bond acceptors (Lipinski definition) is 1. The number of benzene rings is 4. The average molecular weight is 496 g/mol. The highest BCUT2D eigenvalue weighted by Crippen LogP contribution is 2.46. The molecule has 36 heavy (non-hydrogen) atoms. The van der Waals surface area contributed by atoms with Crippen LogP contribution in [0.1, 0.15) is 51.3 Å². The summed E-state index contributed by atoms with van der Waals surface area (Å²) >= 11 is 0. The van der Waals surface area contributed by atoms with Gasteiger partial charge in [-0.1, -0.05) is 95.3 Å². The Bertz CT molecular complexity index is 1300. The molecule has 4 rings (SSSR count). The summed E-state index contributed by atoms with van der Waals surface area (Å²) in [6.07, 6.45) is 7.04. The zero-order chi connectivity index (χ0) is 26.1. The standard InChI is InChI=1S/C34H41NS/c1-33(2,3)28-18-23-32(31(24-28)25-12-10-9-11-13-25)35-29-19-14-26(15-20-29)34(4,5)27-16-21-30(22-17-27)36(6,7)8/h9-24,35H,1-8H3. The van der Waals surface area contributed by atoms with Crippen molar-refractivity contribution in [2.45, 2.75) is 50.3 Å². The van der Waals surface area contributed by atoms with Crippen LogP contribution in [0.3, 0.4) is 0 Å². The lowest BCUT2D eigenvalue weighted by Gasteiger charge is -2.29. The Hall–Kier alpha value is -2.97. The second kappa shape index (κ2) is 9.82. The van der Waals surface area contributed by atoms with Gasteiger partial charge in [-0.25, -0.2) is 10.0 Å². The van der Waals surface area contributed by atoms with Crippen molar-refractivity contribution in [3.63, 3.8) is 0 Å². The number of rotatable bonds is 6. The summed E-state index contributed by atoms with van der Waals surface area (Å²) in [6, 6.07) is 35.6. The van der Waals surface area contributed by atoms with Crippen molar-refractivity contribution in [1.29, 1.82) is 0 Å². The zero-order valence-corrected chi connectivity index (χ0v) is 24.0. The molecule has 0 aliphatic carbocycles. The predicted molar refractivity (Wildman–Crippen MR) is 163 cm³/mol. The molecule has 0 fully saturated rings. The van der Waals surface area contributed by atoms with Gasteiger partial charge >= 0.3 is 0 Å². The van der Waals surface area contributed by atoms with Crippen molar-refractivity contribution < 1.29 is 0 Å².